The Morgan fingerprint density at radius 2 is 1.00 bits per heavy atom. The number of hydrogen-bond donors (Lipinski definition) is 0. The number of carbonyl (C=O) groups is 1. The summed E-state index contributed by atoms with van der Waals surface area (Å²) in [6.07, 6.45) is -1.83. The third-order valence-electron chi connectivity index (χ3n) is 3.15. The van der Waals surface area contributed by atoms with E-state index >= 15 is 0 Å². The Bertz CT molecular complexity index is 571. The average molecular weight is 506 g/mol. The number of alkyl halides is 15. The van der Waals surface area contributed by atoms with Gasteiger partial charge in [0.25, 0.3) is 0 Å². The zero-order valence-electron chi connectivity index (χ0n) is 12.5. The van der Waals surface area contributed by atoms with E-state index in [2.05, 4.69) is 46.4 Å². The largest absolute Gasteiger partial charge is 0.375 e. The molecular formula is C11H7Cl4F11O. The first-order valence-electron chi connectivity index (χ1n) is 6.35. The van der Waals surface area contributed by atoms with E-state index in [0.29, 0.717) is 0 Å². The van der Waals surface area contributed by atoms with Gasteiger partial charge in [0, 0.05) is 6.42 Å². The molecule has 0 fully saturated rings. The van der Waals surface area contributed by atoms with Crippen LogP contribution in [0, 0.1) is 0 Å². The fourth-order valence-corrected chi connectivity index (χ4v) is 2.37. The van der Waals surface area contributed by atoms with Crippen LogP contribution in [0.15, 0.2) is 0 Å². The predicted octanol–water partition coefficient (Wildman–Crippen LogP) is 6.81. The summed E-state index contributed by atoms with van der Waals surface area (Å²) in [6.45, 7) is 1.03. The molecular weight excluding hydrogens is 499 g/mol. The molecule has 0 aromatic rings. The van der Waals surface area contributed by atoms with Crippen LogP contribution in [0.4, 0.5) is 48.3 Å². The molecule has 0 N–H and O–H groups in total. The van der Waals surface area contributed by atoms with Crippen molar-refractivity contribution in [1.29, 1.82) is 0 Å². The standard InChI is InChI=1S/C11H7Cl4F11O/c1-2-3-4(27)5(16,17)6(12,18)9(21,22)7(13,19)10(23,24)8(14,20)11(15,25)26/h2-3H2,1H3. The molecule has 0 aromatic carbocycles. The number of rotatable bonds is 9. The molecule has 0 amide bonds. The lowest BCUT2D eigenvalue weighted by Gasteiger charge is -2.44. The van der Waals surface area contributed by atoms with Crippen LogP contribution in [0.1, 0.15) is 19.8 Å². The molecule has 0 heterocycles. The Morgan fingerprint density at radius 3 is 1.30 bits per heavy atom. The molecule has 0 rings (SSSR count). The molecule has 0 bridgehead atoms. The van der Waals surface area contributed by atoms with Crippen LogP contribution in [0.2, 0.25) is 0 Å². The molecule has 1 nitrogen and oxygen atoms in total. The first-order chi connectivity index (χ1) is 11.5. The molecule has 0 spiro atoms. The number of ketones is 1. The van der Waals surface area contributed by atoms with Gasteiger partial charge in [0.1, 0.15) is 0 Å². The molecule has 16 heteroatoms. The van der Waals surface area contributed by atoms with Crippen LogP contribution in [-0.4, -0.2) is 44.3 Å². The SMILES string of the molecule is CCCC(=O)C(F)(F)C(F)(Cl)C(F)(F)C(F)(Cl)C(F)(F)C(F)(Cl)C(F)(F)Cl. The molecule has 3 atom stereocenters. The van der Waals surface area contributed by atoms with Gasteiger partial charge in [0.15, 0.2) is 0 Å². The molecule has 0 radical (unpaired) electrons. The summed E-state index contributed by atoms with van der Waals surface area (Å²) < 4.78 is 149. The van der Waals surface area contributed by atoms with E-state index in [1.165, 1.54) is 0 Å². The van der Waals surface area contributed by atoms with Gasteiger partial charge >= 0.3 is 38.5 Å². The lowest BCUT2D eigenvalue weighted by atomic mass is 9.92. The topological polar surface area (TPSA) is 17.1 Å². The minimum Gasteiger partial charge on any atom is -0.293 e. The lowest BCUT2D eigenvalue weighted by Crippen LogP contribution is -2.72. The Morgan fingerprint density at radius 1 is 0.667 bits per heavy atom. The Balaban J connectivity index is 6.51. The molecule has 162 valence electrons. The van der Waals surface area contributed by atoms with Crippen molar-refractivity contribution < 1.29 is 53.1 Å². The highest BCUT2D eigenvalue weighted by atomic mass is 35.5. The summed E-state index contributed by atoms with van der Waals surface area (Å²) in [5.74, 6) is -22.9. The number of carbonyl (C=O) groups excluding carboxylic acids is 1. The van der Waals surface area contributed by atoms with Gasteiger partial charge in [-0.2, -0.15) is 35.1 Å². The van der Waals surface area contributed by atoms with Crippen LogP contribution >= 0.6 is 46.4 Å². The third-order valence-corrected chi connectivity index (χ3v) is 4.94. The summed E-state index contributed by atoms with van der Waals surface area (Å²) >= 11 is 16.0. The minimum absolute atomic E-state index is 0.501. The van der Waals surface area contributed by atoms with E-state index in [4.69, 9.17) is 0 Å². The molecule has 27 heavy (non-hydrogen) atoms. The van der Waals surface area contributed by atoms with Crippen molar-refractivity contribution in [3.05, 3.63) is 0 Å². The molecule has 0 aliphatic rings. The highest BCUT2D eigenvalue weighted by molar-refractivity contribution is 6.34. The van der Waals surface area contributed by atoms with Crippen LogP contribution in [0.25, 0.3) is 0 Å². The predicted molar refractivity (Wildman–Crippen MR) is 74.6 cm³/mol. The van der Waals surface area contributed by atoms with E-state index in [1.807, 2.05) is 0 Å². The number of halogens is 15. The molecule has 0 aromatic heterocycles. The summed E-state index contributed by atoms with van der Waals surface area (Å²) in [7, 11) is 0. The van der Waals surface area contributed by atoms with Crippen molar-refractivity contribution in [2.45, 2.75) is 58.3 Å². The van der Waals surface area contributed by atoms with Gasteiger partial charge < -0.3 is 0 Å². The van der Waals surface area contributed by atoms with E-state index in [9.17, 15) is 53.1 Å². The smallest absolute Gasteiger partial charge is 0.293 e. The highest BCUT2D eigenvalue weighted by Crippen LogP contribution is 2.64. The Kier molecular flexibility index (Phi) is 7.41. The van der Waals surface area contributed by atoms with Crippen molar-refractivity contribution in [3.8, 4) is 0 Å². The van der Waals surface area contributed by atoms with Crippen LogP contribution in [0.5, 0.6) is 0 Å². The quantitative estimate of drug-likeness (QED) is 0.248. The summed E-state index contributed by atoms with van der Waals surface area (Å²) in [5.41, 5.74) is 0. The summed E-state index contributed by atoms with van der Waals surface area (Å²) in [6, 6.07) is 0. The van der Waals surface area contributed by atoms with Crippen molar-refractivity contribution in [2.24, 2.45) is 0 Å². The highest BCUT2D eigenvalue weighted by Gasteiger charge is 2.90. The van der Waals surface area contributed by atoms with E-state index in [0.717, 1.165) is 6.92 Å². The van der Waals surface area contributed by atoms with Gasteiger partial charge in [-0.3, -0.25) is 4.79 Å². The van der Waals surface area contributed by atoms with Gasteiger partial charge in [-0.1, -0.05) is 41.7 Å². The Hall–Kier alpha value is 0.0600. The summed E-state index contributed by atoms with van der Waals surface area (Å²) in [4.78, 5) is 11.1. The maximum Gasteiger partial charge on any atom is 0.375 e. The minimum atomic E-state index is -7.08. The van der Waals surface area contributed by atoms with Crippen LogP contribution < -0.4 is 0 Å². The van der Waals surface area contributed by atoms with Crippen molar-refractivity contribution in [3.63, 3.8) is 0 Å². The molecule has 0 saturated heterocycles. The van der Waals surface area contributed by atoms with E-state index in [1.54, 1.807) is 0 Å². The molecule has 0 saturated carbocycles. The van der Waals surface area contributed by atoms with Gasteiger partial charge in [-0.25, -0.2) is 13.2 Å². The van der Waals surface area contributed by atoms with Crippen molar-refractivity contribution in [2.75, 3.05) is 0 Å². The maximum atomic E-state index is 13.9. The third kappa shape index (κ3) is 3.79. The monoisotopic (exact) mass is 504 g/mol. The van der Waals surface area contributed by atoms with Gasteiger partial charge in [0.05, 0.1) is 0 Å². The zero-order chi connectivity index (χ0) is 22.5. The normalized spacial score (nSPS) is 21.2. The molecule has 0 aliphatic heterocycles. The summed E-state index contributed by atoms with van der Waals surface area (Å²) in [5, 5.41) is -25.4. The second-order valence-electron chi connectivity index (χ2n) is 5.12. The zero-order valence-corrected chi connectivity index (χ0v) is 15.5. The van der Waals surface area contributed by atoms with Crippen molar-refractivity contribution >= 4 is 52.2 Å². The second kappa shape index (κ2) is 7.39. The Labute approximate surface area is 164 Å². The molecule has 3 unspecified atom stereocenters. The lowest BCUT2D eigenvalue weighted by molar-refractivity contribution is -0.303. The first kappa shape index (κ1) is 27.1. The number of Topliss-reactive ketones (excluding diaryl/α,β-unsaturated/α-hetero) is 1. The second-order valence-corrected chi connectivity index (χ2v) is 7.15. The fraction of sp³-hybridized carbons (Fsp3) is 0.909. The van der Waals surface area contributed by atoms with Crippen LogP contribution in [-0.2, 0) is 4.79 Å². The molecule has 0 aliphatic carbocycles. The van der Waals surface area contributed by atoms with E-state index < -0.39 is 57.2 Å². The fourth-order valence-electron chi connectivity index (χ4n) is 1.53. The van der Waals surface area contributed by atoms with Gasteiger partial charge in [0.2, 0.25) is 5.78 Å². The first-order valence-corrected chi connectivity index (χ1v) is 7.86. The van der Waals surface area contributed by atoms with Crippen LogP contribution in [0.3, 0.4) is 0 Å². The van der Waals surface area contributed by atoms with Crippen molar-refractivity contribution in [1.82, 2.24) is 0 Å². The average Bonchev–Trinajstić information content (AvgIpc) is 2.45. The number of hydrogen-bond acceptors (Lipinski definition) is 1. The maximum absolute atomic E-state index is 13.9. The van der Waals surface area contributed by atoms with E-state index in [-0.39, 0.29) is 0 Å². The van der Waals surface area contributed by atoms with Gasteiger partial charge in [-0.05, 0) is 18.0 Å². The van der Waals surface area contributed by atoms with Gasteiger partial charge in [-0.15, -0.1) is 0 Å².